The van der Waals surface area contributed by atoms with E-state index in [1.54, 1.807) is 0 Å². The van der Waals surface area contributed by atoms with Crippen LogP contribution in [-0.4, -0.2) is 225 Å². The van der Waals surface area contributed by atoms with Crippen LogP contribution in [0, 0.1) is 0 Å². The predicted octanol–water partition coefficient (Wildman–Crippen LogP) is -12.4. The van der Waals surface area contributed by atoms with Crippen LogP contribution in [0.2, 0.25) is 118 Å². The largest absolute Gasteiger partial charge is 0.795 e. The standard InChI is InChI=1S/C16H56O20Si16.C2H7ClSi.O20Si8/c1-37(2)17-45-25-46(18-38(3)4)28-49(21-41(9)10)30-47(26-45,19-39(5)6)32-51(23-43(13)14)33-48(27-45,20-40(7)8)31-50(29-46,22-42(11)12)35-52(34-49,36-51)24-44(15)16;1-4(2)3;1-21-9-22(2)12-25(5)14-23(3,10-21)16-27(7)17-24(4,11-21)15-26(6,13-22)19-28(8,18-25)20-27/h37-44H,1-16H3;4H,1-2H3;/q;;-8. The smallest absolute Gasteiger partial charge is 0.651 e. The fourth-order valence-corrected chi connectivity index (χ4v) is 96.4. The highest BCUT2D eigenvalue weighted by atomic mass is 35.6. The number of halogens is 1. The van der Waals surface area contributed by atoms with Gasteiger partial charge in [-0.1, -0.05) is 13.1 Å². The molecule has 0 aromatic heterocycles. The molecule has 12 aliphatic rings. The molecule has 66 heteroatoms. The molecule has 490 valence electrons. The SMILES string of the molecule is C[SiH](C)Cl.C[SiH](C)O[Si]12O[Si]3(O[SiH](C)C)O[Si]4(O[SiH](C)C)O[Si](O[SiH](C)C)(O1)O[Si]1(O[SiH](C)C)O[Si](O[SiH](C)C)(O2)O[Si](O[SiH](C)C)(O3)O[Si](O[SiH](C)C)(O4)O1.[O-][Si]12O[Si]3([O-])O[Si]4([O-])O[Si]([O-])(O1)O[Si]1([O-])O[Si]([O-])(O2)O[Si]([O-])(O3)O[Si]([O-])(O4)O1. The molecule has 0 saturated carbocycles. The van der Waals surface area contributed by atoms with Gasteiger partial charge in [0, 0.05) is 0 Å². The Morgan fingerprint density at radius 2 is 0.262 bits per heavy atom. The van der Waals surface area contributed by atoms with Crippen molar-refractivity contribution in [3.63, 3.8) is 0 Å². The Kier molecular flexibility index (Phi) is 22.5. The van der Waals surface area contributed by atoms with Gasteiger partial charge in [0.05, 0.1) is 0 Å². The van der Waals surface area contributed by atoms with Gasteiger partial charge in [-0.3, -0.25) is 0 Å². The zero-order chi connectivity index (χ0) is 62.8. The molecule has 12 heterocycles. The van der Waals surface area contributed by atoms with E-state index in [1.807, 2.05) is 105 Å². The molecule has 0 aliphatic carbocycles. The maximum absolute atomic E-state index is 12.6. The molecule has 12 saturated heterocycles. The van der Waals surface area contributed by atoms with Crippen LogP contribution in [0.15, 0.2) is 0 Å². The number of hydrogen-bond donors (Lipinski definition) is 0. The first-order chi connectivity index (χ1) is 38.0. The summed E-state index contributed by atoms with van der Waals surface area (Å²) in [6.45, 7) is 35.0. The van der Waals surface area contributed by atoms with Gasteiger partial charge in [0.2, 0.25) is 0 Å². The summed E-state index contributed by atoms with van der Waals surface area (Å²) in [6.07, 6.45) is 0. The van der Waals surface area contributed by atoms with Crippen LogP contribution in [0.25, 0.3) is 0 Å². The highest BCUT2D eigenvalue weighted by molar-refractivity contribution is 7.05. The van der Waals surface area contributed by atoms with Gasteiger partial charge in [-0.15, -0.1) is 0 Å². The topological polar surface area (TPSA) is 480 Å². The minimum absolute atomic E-state index is 0.667. The van der Waals surface area contributed by atoms with Crippen molar-refractivity contribution in [1.82, 2.24) is 0 Å². The summed E-state index contributed by atoms with van der Waals surface area (Å²) >= 11 is 5.41. The first-order valence-electron chi connectivity index (χ1n) is 25.6. The van der Waals surface area contributed by atoms with Gasteiger partial charge in [-0.05, 0) is 105 Å². The van der Waals surface area contributed by atoms with Crippen LogP contribution in [0.1, 0.15) is 0 Å². The second-order valence-electron chi connectivity index (χ2n) is 20.8. The summed E-state index contributed by atoms with van der Waals surface area (Å²) < 4.78 is 190. The molecule has 0 spiro atoms. The molecule has 12 fully saturated rings. The van der Waals surface area contributed by atoms with Crippen molar-refractivity contribution in [2.24, 2.45) is 0 Å². The van der Waals surface area contributed by atoms with Crippen LogP contribution in [0.5, 0.6) is 0 Å². The molecule has 16 bridgehead atoms. The van der Waals surface area contributed by atoms with E-state index in [1.165, 1.54) is 0 Å². The summed E-state index contributed by atoms with van der Waals surface area (Å²) in [4.78, 5) is 101. The average Bonchev–Trinajstić information content (AvgIpc) is 3.11. The molecule has 12 aliphatic heterocycles. The molecule has 0 N–H and O–H groups in total. The maximum atomic E-state index is 12.6. The van der Waals surface area contributed by atoms with Crippen LogP contribution in [-0.2, 0) is 132 Å². The Morgan fingerprint density at radius 1 is 0.190 bits per heavy atom. The first-order valence-corrected chi connectivity index (χ1v) is 78.0. The molecule has 0 unspecified atom stereocenters. The zero-order valence-electron chi connectivity index (χ0n) is 47.9. The Morgan fingerprint density at radius 3 is 0.321 bits per heavy atom. The molecule has 84 heavy (non-hydrogen) atoms. The van der Waals surface area contributed by atoms with Crippen LogP contribution in [0.4, 0.5) is 0 Å². The van der Waals surface area contributed by atoms with E-state index in [9.17, 15) is 38.4 Å². The van der Waals surface area contributed by atoms with Crippen molar-refractivity contribution < 1.29 is 170 Å². The molecule has 0 atom stereocenters. The number of rotatable bonds is 16. The van der Waals surface area contributed by atoms with Gasteiger partial charge in [-0.2, -0.15) is 11.1 Å². The van der Waals surface area contributed by atoms with Crippen LogP contribution >= 0.6 is 11.1 Å². The Labute approximate surface area is 520 Å². The third-order valence-electron chi connectivity index (χ3n) is 9.04. The lowest BCUT2D eigenvalue weighted by atomic mass is 11.9. The van der Waals surface area contributed by atoms with Crippen molar-refractivity contribution in [2.75, 3.05) is 0 Å². The van der Waals surface area contributed by atoms with Crippen LogP contribution < -0.4 is 38.4 Å². The van der Waals surface area contributed by atoms with E-state index in [0.29, 0.717) is 0 Å². The summed E-state index contributed by atoms with van der Waals surface area (Å²) in [6, 6.07) is 0. The first kappa shape index (κ1) is 73.9. The molecule has 0 aromatic rings. The molecule has 12 rings (SSSR count). The van der Waals surface area contributed by atoms with Gasteiger partial charge < -0.3 is 170 Å². The maximum Gasteiger partial charge on any atom is 0.651 e. The summed E-state index contributed by atoms with van der Waals surface area (Å²) in [5, 5.41) is 0. The number of hydrogen-bond acceptors (Lipinski definition) is 40. The Bertz CT molecular complexity index is 1750. The van der Waals surface area contributed by atoms with E-state index >= 15 is 0 Å². The Hall–Kier alpha value is 4.11. The lowest BCUT2D eigenvalue weighted by Gasteiger charge is -2.71. The molecule has 0 aromatic carbocycles. The molecule has 40 nitrogen and oxygen atoms in total. The van der Waals surface area contributed by atoms with Gasteiger partial charge in [0.15, 0.2) is 72.3 Å². The van der Waals surface area contributed by atoms with E-state index in [2.05, 4.69) is 62.5 Å². The molecular formula is C18H63ClO40Si25-8. The van der Waals surface area contributed by atoms with E-state index in [-0.39, 0.29) is 0 Å². The summed E-state index contributed by atoms with van der Waals surface area (Å²) in [5.41, 5.74) is 0. The van der Waals surface area contributed by atoms with E-state index in [0.717, 1.165) is 0 Å². The van der Waals surface area contributed by atoms with E-state index in [4.69, 9.17) is 93.4 Å². The lowest BCUT2D eigenvalue weighted by molar-refractivity contribution is -0.432. The normalized spacial score (nSPS) is 48.4. The molecular weight excluding hydrogens is 1590 g/mol. The fraction of sp³-hybridized carbons (Fsp3) is 1.00. The molecule has 0 amide bonds. The minimum Gasteiger partial charge on any atom is -0.795 e. The molecule has 0 radical (unpaired) electrons. The summed E-state index contributed by atoms with van der Waals surface area (Å²) in [5.74, 6) is 0. The third-order valence-corrected chi connectivity index (χ3v) is 81.4. The quantitative estimate of drug-likeness (QED) is 0.102. The van der Waals surface area contributed by atoms with Crippen LogP contribution in [0.3, 0.4) is 0 Å². The second-order valence-corrected chi connectivity index (χ2v) is 85.4. The highest BCUT2D eigenvalue weighted by Crippen LogP contribution is 2.51. The van der Waals surface area contributed by atoms with Gasteiger partial charge in [-0.25, -0.2) is 0 Å². The minimum atomic E-state index is -6.08. The van der Waals surface area contributed by atoms with E-state index < -0.39 is 225 Å². The highest BCUT2D eigenvalue weighted by Gasteiger charge is 2.91. The fourth-order valence-electron chi connectivity index (χ4n) is 7.56. The van der Waals surface area contributed by atoms with Crippen molar-refractivity contribution in [1.29, 1.82) is 0 Å². The van der Waals surface area contributed by atoms with Crippen molar-refractivity contribution in [3.05, 3.63) is 0 Å². The average molecular weight is 1660 g/mol. The third kappa shape index (κ3) is 17.6. The Balaban J connectivity index is 0.000000239. The van der Waals surface area contributed by atoms with Gasteiger partial charge >= 0.3 is 145 Å². The van der Waals surface area contributed by atoms with Gasteiger partial charge in [0.1, 0.15) is 8.11 Å². The zero-order valence-corrected chi connectivity index (χ0v) is 75.1. The predicted molar refractivity (Wildman–Crippen MR) is 303 cm³/mol. The van der Waals surface area contributed by atoms with Crippen molar-refractivity contribution >= 4 is 236 Å². The van der Waals surface area contributed by atoms with Gasteiger partial charge in [0.25, 0.3) is 0 Å². The monoisotopic (exact) mass is 1650 g/mol. The summed E-state index contributed by atoms with van der Waals surface area (Å²) in [7, 11) is -105. The lowest BCUT2D eigenvalue weighted by Crippen LogP contribution is -2.99. The van der Waals surface area contributed by atoms with Crippen molar-refractivity contribution in [3.8, 4) is 0 Å². The second kappa shape index (κ2) is 25.5. The van der Waals surface area contributed by atoms with Crippen molar-refractivity contribution in [2.45, 2.75) is 118 Å².